The Balaban J connectivity index is 2.55. The molecule has 1 atom stereocenters. The lowest BCUT2D eigenvalue weighted by Gasteiger charge is -2.12. The molecule has 0 aromatic carbocycles. The SMILES string of the molecule is Cc1cc(C(=O)NC(C)CCCN)n(C)n1. The molecule has 1 unspecified atom stereocenters. The zero-order chi connectivity index (χ0) is 12.1. The minimum atomic E-state index is -0.0763. The first kappa shape index (κ1) is 12.7. The molecule has 1 heterocycles. The van der Waals surface area contributed by atoms with Crippen LogP contribution >= 0.6 is 0 Å². The Morgan fingerprint density at radius 3 is 2.88 bits per heavy atom. The van der Waals surface area contributed by atoms with Crippen LogP contribution in [0.3, 0.4) is 0 Å². The van der Waals surface area contributed by atoms with Crippen molar-refractivity contribution in [1.82, 2.24) is 15.1 Å². The minimum Gasteiger partial charge on any atom is -0.348 e. The normalized spacial score (nSPS) is 12.5. The third-order valence-electron chi connectivity index (χ3n) is 2.45. The number of nitrogens with zero attached hydrogens (tertiary/aromatic N) is 2. The van der Waals surface area contributed by atoms with E-state index in [4.69, 9.17) is 5.73 Å². The van der Waals surface area contributed by atoms with Crippen LogP contribution < -0.4 is 11.1 Å². The summed E-state index contributed by atoms with van der Waals surface area (Å²) in [6.07, 6.45) is 1.82. The van der Waals surface area contributed by atoms with E-state index in [0.717, 1.165) is 18.5 Å². The molecule has 0 fully saturated rings. The number of rotatable bonds is 5. The molecule has 5 nitrogen and oxygen atoms in total. The molecule has 1 rings (SSSR count). The Hall–Kier alpha value is -1.36. The summed E-state index contributed by atoms with van der Waals surface area (Å²) in [6.45, 7) is 4.51. The van der Waals surface area contributed by atoms with Crippen LogP contribution in [0.2, 0.25) is 0 Å². The highest BCUT2D eigenvalue weighted by Gasteiger charge is 2.13. The summed E-state index contributed by atoms with van der Waals surface area (Å²) < 4.78 is 1.60. The first-order valence-corrected chi connectivity index (χ1v) is 5.56. The maximum atomic E-state index is 11.8. The summed E-state index contributed by atoms with van der Waals surface area (Å²) in [5.41, 5.74) is 6.86. The predicted octanol–water partition coefficient (Wildman–Crippen LogP) is 0.586. The van der Waals surface area contributed by atoms with E-state index in [1.807, 2.05) is 13.8 Å². The maximum Gasteiger partial charge on any atom is 0.269 e. The lowest BCUT2D eigenvalue weighted by Crippen LogP contribution is -2.34. The number of hydrogen-bond donors (Lipinski definition) is 2. The maximum absolute atomic E-state index is 11.8. The molecule has 0 spiro atoms. The average molecular weight is 224 g/mol. The monoisotopic (exact) mass is 224 g/mol. The second-order valence-corrected chi connectivity index (χ2v) is 4.10. The van der Waals surface area contributed by atoms with Gasteiger partial charge < -0.3 is 11.1 Å². The van der Waals surface area contributed by atoms with Crippen LogP contribution in [0.5, 0.6) is 0 Å². The molecule has 3 N–H and O–H groups in total. The van der Waals surface area contributed by atoms with Crippen LogP contribution in [0, 0.1) is 6.92 Å². The van der Waals surface area contributed by atoms with Gasteiger partial charge in [-0.05, 0) is 39.3 Å². The average Bonchev–Trinajstić information content (AvgIpc) is 2.54. The van der Waals surface area contributed by atoms with Crippen LogP contribution in [0.4, 0.5) is 0 Å². The Kier molecular flexibility index (Phi) is 4.49. The molecule has 5 heteroatoms. The van der Waals surface area contributed by atoms with Crippen LogP contribution in [0.25, 0.3) is 0 Å². The van der Waals surface area contributed by atoms with Gasteiger partial charge in [0, 0.05) is 13.1 Å². The molecular weight excluding hydrogens is 204 g/mol. The van der Waals surface area contributed by atoms with Crippen molar-refractivity contribution in [3.8, 4) is 0 Å². The van der Waals surface area contributed by atoms with Crippen molar-refractivity contribution in [3.05, 3.63) is 17.5 Å². The highest BCUT2D eigenvalue weighted by Crippen LogP contribution is 2.03. The molecule has 0 aliphatic carbocycles. The number of nitrogens with one attached hydrogen (secondary N) is 1. The van der Waals surface area contributed by atoms with E-state index in [2.05, 4.69) is 10.4 Å². The van der Waals surface area contributed by atoms with E-state index in [0.29, 0.717) is 12.2 Å². The Labute approximate surface area is 96.0 Å². The highest BCUT2D eigenvalue weighted by molar-refractivity contribution is 5.92. The number of aryl methyl sites for hydroxylation is 2. The molecule has 0 bridgehead atoms. The highest BCUT2D eigenvalue weighted by atomic mass is 16.2. The van der Waals surface area contributed by atoms with Crippen LogP contribution in [0.15, 0.2) is 6.07 Å². The van der Waals surface area contributed by atoms with Gasteiger partial charge in [0.25, 0.3) is 5.91 Å². The molecule has 0 radical (unpaired) electrons. The number of hydrogen-bond acceptors (Lipinski definition) is 3. The van der Waals surface area contributed by atoms with E-state index in [-0.39, 0.29) is 11.9 Å². The molecule has 90 valence electrons. The number of nitrogens with two attached hydrogens (primary N) is 1. The molecule has 0 saturated carbocycles. The molecular formula is C11H20N4O. The van der Waals surface area contributed by atoms with Gasteiger partial charge in [-0.2, -0.15) is 5.10 Å². The lowest BCUT2D eigenvalue weighted by atomic mass is 10.2. The Morgan fingerprint density at radius 1 is 1.69 bits per heavy atom. The number of carbonyl (C=O) groups is 1. The summed E-state index contributed by atoms with van der Waals surface area (Å²) in [6, 6.07) is 1.93. The van der Waals surface area contributed by atoms with Crippen molar-refractivity contribution < 1.29 is 4.79 Å². The minimum absolute atomic E-state index is 0.0763. The van der Waals surface area contributed by atoms with Crippen molar-refractivity contribution in [1.29, 1.82) is 0 Å². The number of aromatic nitrogens is 2. The number of carbonyl (C=O) groups excluding carboxylic acids is 1. The third-order valence-corrected chi connectivity index (χ3v) is 2.45. The van der Waals surface area contributed by atoms with Gasteiger partial charge in [-0.25, -0.2) is 0 Å². The number of amides is 1. The first-order valence-electron chi connectivity index (χ1n) is 5.56. The zero-order valence-electron chi connectivity index (χ0n) is 10.2. The Bertz CT molecular complexity index is 359. The summed E-state index contributed by atoms with van der Waals surface area (Å²) in [5.74, 6) is -0.0763. The summed E-state index contributed by atoms with van der Waals surface area (Å²) in [7, 11) is 1.77. The summed E-state index contributed by atoms with van der Waals surface area (Å²) in [5, 5.41) is 7.07. The first-order chi connectivity index (χ1) is 7.54. The van der Waals surface area contributed by atoms with Crippen LogP contribution in [-0.4, -0.2) is 28.3 Å². The molecule has 0 saturated heterocycles. The topological polar surface area (TPSA) is 72.9 Å². The van der Waals surface area contributed by atoms with E-state index in [1.165, 1.54) is 0 Å². The van der Waals surface area contributed by atoms with Gasteiger partial charge in [-0.3, -0.25) is 9.48 Å². The van der Waals surface area contributed by atoms with Gasteiger partial charge in [0.2, 0.25) is 0 Å². The van der Waals surface area contributed by atoms with E-state index in [9.17, 15) is 4.79 Å². The van der Waals surface area contributed by atoms with E-state index < -0.39 is 0 Å². The second-order valence-electron chi connectivity index (χ2n) is 4.10. The van der Waals surface area contributed by atoms with Gasteiger partial charge in [-0.1, -0.05) is 0 Å². The molecule has 0 aliphatic heterocycles. The quantitative estimate of drug-likeness (QED) is 0.768. The van der Waals surface area contributed by atoms with Gasteiger partial charge in [-0.15, -0.1) is 0 Å². The predicted molar refractivity (Wildman–Crippen MR) is 63.2 cm³/mol. The van der Waals surface area contributed by atoms with Gasteiger partial charge in [0.05, 0.1) is 5.69 Å². The fraction of sp³-hybridized carbons (Fsp3) is 0.636. The third kappa shape index (κ3) is 3.34. The molecule has 1 aromatic heterocycles. The summed E-state index contributed by atoms with van der Waals surface area (Å²) >= 11 is 0. The van der Waals surface area contributed by atoms with Crippen molar-refractivity contribution in [3.63, 3.8) is 0 Å². The van der Waals surface area contributed by atoms with E-state index >= 15 is 0 Å². The second kappa shape index (κ2) is 5.65. The lowest BCUT2D eigenvalue weighted by molar-refractivity contribution is 0.0928. The van der Waals surface area contributed by atoms with Crippen molar-refractivity contribution in [2.45, 2.75) is 32.7 Å². The summed E-state index contributed by atoms with van der Waals surface area (Å²) in [4.78, 5) is 11.8. The molecule has 1 aromatic rings. The fourth-order valence-electron chi connectivity index (χ4n) is 1.62. The standard InChI is InChI=1S/C11H20N4O/c1-8(5-4-6-12)13-11(16)10-7-9(2)14-15(10)3/h7-8H,4-6,12H2,1-3H3,(H,13,16). The van der Waals surface area contributed by atoms with E-state index in [1.54, 1.807) is 17.8 Å². The van der Waals surface area contributed by atoms with Gasteiger partial charge in [0.1, 0.15) is 5.69 Å². The fourth-order valence-corrected chi connectivity index (χ4v) is 1.62. The Morgan fingerprint density at radius 2 is 2.38 bits per heavy atom. The molecule has 16 heavy (non-hydrogen) atoms. The van der Waals surface area contributed by atoms with Crippen molar-refractivity contribution in [2.75, 3.05) is 6.54 Å². The zero-order valence-corrected chi connectivity index (χ0v) is 10.2. The smallest absolute Gasteiger partial charge is 0.269 e. The molecule has 1 amide bonds. The van der Waals surface area contributed by atoms with Crippen molar-refractivity contribution in [2.24, 2.45) is 12.8 Å². The van der Waals surface area contributed by atoms with Crippen molar-refractivity contribution >= 4 is 5.91 Å². The van der Waals surface area contributed by atoms with Gasteiger partial charge >= 0.3 is 0 Å². The van der Waals surface area contributed by atoms with Crippen LogP contribution in [0.1, 0.15) is 35.9 Å². The van der Waals surface area contributed by atoms with Gasteiger partial charge in [0.15, 0.2) is 0 Å². The van der Waals surface area contributed by atoms with Crippen LogP contribution in [-0.2, 0) is 7.05 Å². The largest absolute Gasteiger partial charge is 0.348 e. The molecule has 0 aliphatic rings.